The highest BCUT2D eigenvalue weighted by molar-refractivity contribution is 5.79. The Morgan fingerprint density at radius 3 is 2.52 bits per heavy atom. The SMILES string of the molecule is CN=C(NCc1cc(C)cc(OC)c1)NCc1nnc(C)n1C. The molecule has 0 radical (unpaired) electrons. The van der Waals surface area contributed by atoms with Crippen LogP contribution in [0.2, 0.25) is 0 Å². The van der Waals surface area contributed by atoms with Crippen molar-refractivity contribution in [3.05, 3.63) is 41.0 Å². The first kappa shape index (κ1) is 16.8. The van der Waals surface area contributed by atoms with Gasteiger partial charge in [-0.25, -0.2) is 0 Å². The Labute approximate surface area is 136 Å². The molecule has 23 heavy (non-hydrogen) atoms. The number of rotatable bonds is 5. The third kappa shape index (κ3) is 4.45. The Morgan fingerprint density at radius 1 is 1.17 bits per heavy atom. The summed E-state index contributed by atoms with van der Waals surface area (Å²) in [4.78, 5) is 4.23. The molecule has 0 amide bonds. The molecule has 1 aromatic heterocycles. The highest BCUT2D eigenvalue weighted by atomic mass is 16.5. The van der Waals surface area contributed by atoms with Gasteiger partial charge in [0.25, 0.3) is 0 Å². The summed E-state index contributed by atoms with van der Waals surface area (Å²) in [5.74, 6) is 3.32. The van der Waals surface area contributed by atoms with E-state index in [9.17, 15) is 0 Å². The van der Waals surface area contributed by atoms with Crippen LogP contribution in [0, 0.1) is 13.8 Å². The second-order valence-electron chi connectivity index (χ2n) is 5.36. The predicted octanol–water partition coefficient (Wildman–Crippen LogP) is 1.31. The largest absolute Gasteiger partial charge is 0.497 e. The Morgan fingerprint density at radius 2 is 1.91 bits per heavy atom. The number of hydrogen-bond donors (Lipinski definition) is 2. The van der Waals surface area contributed by atoms with Crippen molar-refractivity contribution in [3.63, 3.8) is 0 Å². The minimum Gasteiger partial charge on any atom is -0.497 e. The average molecular weight is 316 g/mol. The van der Waals surface area contributed by atoms with Crippen LogP contribution in [-0.2, 0) is 20.1 Å². The van der Waals surface area contributed by atoms with E-state index in [1.165, 1.54) is 5.56 Å². The van der Waals surface area contributed by atoms with Crippen molar-refractivity contribution in [2.24, 2.45) is 12.0 Å². The summed E-state index contributed by atoms with van der Waals surface area (Å²) in [6.07, 6.45) is 0. The first-order valence-electron chi connectivity index (χ1n) is 7.47. The summed E-state index contributed by atoms with van der Waals surface area (Å²) < 4.78 is 7.25. The molecule has 2 N–H and O–H groups in total. The Kier molecular flexibility index (Phi) is 5.56. The van der Waals surface area contributed by atoms with Crippen LogP contribution < -0.4 is 15.4 Å². The van der Waals surface area contributed by atoms with Crippen LogP contribution in [-0.4, -0.2) is 34.9 Å². The molecule has 7 heteroatoms. The lowest BCUT2D eigenvalue weighted by Gasteiger charge is -2.13. The van der Waals surface area contributed by atoms with E-state index >= 15 is 0 Å². The lowest BCUT2D eigenvalue weighted by molar-refractivity contribution is 0.414. The van der Waals surface area contributed by atoms with E-state index in [2.05, 4.69) is 38.8 Å². The Balaban J connectivity index is 1.93. The molecule has 124 valence electrons. The van der Waals surface area contributed by atoms with Gasteiger partial charge in [0.15, 0.2) is 11.8 Å². The van der Waals surface area contributed by atoms with Gasteiger partial charge < -0.3 is 19.9 Å². The van der Waals surface area contributed by atoms with Crippen molar-refractivity contribution in [1.82, 2.24) is 25.4 Å². The minimum atomic E-state index is 0.564. The number of methoxy groups -OCH3 is 1. The van der Waals surface area contributed by atoms with E-state index in [4.69, 9.17) is 4.74 Å². The fraction of sp³-hybridized carbons (Fsp3) is 0.438. The van der Waals surface area contributed by atoms with Gasteiger partial charge >= 0.3 is 0 Å². The molecule has 0 saturated carbocycles. The zero-order valence-electron chi connectivity index (χ0n) is 14.3. The maximum Gasteiger partial charge on any atom is 0.191 e. The fourth-order valence-corrected chi connectivity index (χ4v) is 2.22. The summed E-state index contributed by atoms with van der Waals surface area (Å²) in [5.41, 5.74) is 2.30. The van der Waals surface area contributed by atoms with E-state index in [0.717, 1.165) is 23.0 Å². The number of hydrogen-bond acceptors (Lipinski definition) is 4. The molecule has 2 aromatic rings. The lowest BCUT2D eigenvalue weighted by Crippen LogP contribution is -2.36. The third-order valence-corrected chi connectivity index (χ3v) is 3.63. The fourth-order valence-electron chi connectivity index (χ4n) is 2.22. The monoisotopic (exact) mass is 316 g/mol. The molecule has 1 aromatic carbocycles. The number of guanidine groups is 1. The van der Waals surface area contributed by atoms with Crippen LogP contribution in [0.25, 0.3) is 0 Å². The quantitative estimate of drug-likeness (QED) is 0.642. The molecule has 0 fully saturated rings. The summed E-state index contributed by atoms with van der Waals surface area (Å²) in [6, 6.07) is 6.14. The second kappa shape index (κ2) is 7.62. The van der Waals surface area contributed by atoms with Gasteiger partial charge in [-0.3, -0.25) is 4.99 Å². The average Bonchev–Trinajstić information content (AvgIpc) is 2.86. The Hall–Kier alpha value is -2.57. The smallest absolute Gasteiger partial charge is 0.191 e. The number of nitrogens with zero attached hydrogens (tertiary/aromatic N) is 4. The van der Waals surface area contributed by atoms with Gasteiger partial charge in [-0.15, -0.1) is 10.2 Å². The van der Waals surface area contributed by atoms with Gasteiger partial charge in [-0.2, -0.15) is 0 Å². The van der Waals surface area contributed by atoms with Gasteiger partial charge in [0, 0.05) is 20.6 Å². The van der Waals surface area contributed by atoms with Crippen molar-refractivity contribution >= 4 is 5.96 Å². The third-order valence-electron chi connectivity index (χ3n) is 3.63. The molecule has 7 nitrogen and oxygen atoms in total. The van der Waals surface area contributed by atoms with Crippen molar-refractivity contribution < 1.29 is 4.74 Å². The molecule has 2 rings (SSSR count). The van der Waals surface area contributed by atoms with Gasteiger partial charge in [0.05, 0.1) is 13.7 Å². The summed E-state index contributed by atoms with van der Waals surface area (Å²) in [7, 11) is 5.37. The number of aromatic nitrogens is 3. The number of nitrogens with one attached hydrogen (secondary N) is 2. The molecule has 0 aliphatic heterocycles. The number of aliphatic imine (C=N–C) groups is 1. The second-order valence-corrected chi connectivity index (χ2v) is 5.36. The maximum absolute atomic E-state index is 5.30. The molecular formula is C16H24N6O. The zero-order valence-corrected chi connectivity index (χ0v) is 14.3. The number of benzene rings is 1. The van der Waals surface area contributed by atoms with Crippen LogP contribution in [0.3, 0.4) is 0 Å². The number of aryl methyl sites for hydroxylation is 2. The molecule has 0 aliphatic carbocycles. The normalized spacial score (nSPS) is 11.4. The zero-order chi connectivity index (χ0) is 16.8. The topological polar surface area (TPSA) is 76.4 Å². The van der Waals surface area contributed by atoms with Crippen LogP contribution in [0.15, 0.2) is 23.2 Å². The standard InChI is InChI=1S/C16H24N6O/c1-11-6-13(8-14(7-11)23-5)9-18-16(17-3)19-10-15-21-20-12(2)22(15)4/h6-8H,9-10H2,1-5H3,(H2,17,18,19). The van der Waals surface area contributed by atoms with Crippen molar-refractivity contribution in [3.8, 4) is 5.75 Å². The van der Waals surface area contributed by atoms with Crippen LogP contribution in [0.4, 0.5) is 0 Å². The first-order chi connectivity index (χ1) is 11.0. The minimum absolute atomic E-state index is 0.564. The summed E-state index contributed by atoms with van der Waals surface area (Å²) >= 11 is 0. The first-order valence-corrected chi connectivity index (χ1v) is 7.47. The van der Waals surface area contributed by atoms with E-state index in [1.54, 1.807) is 14.2 Å². The summed E-state index contributed by atoms with van der Waals surface area (Å²) in [5, 5.41) is 14.7. The molecule has 0 bridgehead atoms. The molecule has 0 spiro atoms. The van der Waals surface area contributed by atoms with E-state index < -0.39 is 0 Å². The van der Waals surface area contributed by atoms with Gasteiger partial charge in [0.2, 0.25) is 0 Å². The number of ether oxygens (including phenoxy) is 1. The molecule has 0 aliphatic rings. The maximum atomic E-state index is 5.30. The molecular weight excluding hydrogens is 292 g/mol. The van der Waals surface area contributed by atoms with E-state index in [0.29, 0.717) is 19.0 Å². The van der Waals surface area contributed by atoms with Gasteiger partial charge in [-0.1, -0.05) is 6.07 Å². The lowest BCUT2D eigenvalue weighted by atomic mass is 10.1. The summed E-state index contributed by atoms with van der Waals surface area (Å²) in [6.45, 7) is 5.20. The van der Waals surface area contributed by atoms with Crippen molar-refractivity contribution in [2.45, 2.75) is 26.9 Å². The van der Waals surface area contributed by atoms with Crippen LogP contribution >= 0.6 is 0 Å². The van der Waals surface area contributed by atoms with E-state index in [1.807, 2.05) is 30.7 Å². The highest BCUT2D eigenvalue weighted by Crippen LogP contribution is 2.16. The molecule has 1 heterocycles. The molecule has 0 atom stereocenters. The van der Waals surface area contributed by atoms with Crippen LogP contribution in [0.1, 0.15) is 22.8 Å². The van der Waals surface area contributed by atoms with Crippen molar-refractivity contribution in [2.75, 3.05) is 14.2 Å². The van der Waals surface area contributed by atoms with Gasteiger partial charge in [0.1, 0.15) is 11.6 Å². The van der Waals surface area contributed by atoms with Crippen LogP contribution in [0.5, 0.6) is 5.75 Å². The highest BCUT2D eigenvalue weighted by Gasteiger charge is 2.06. The predicted molar refractivity (Wildman–Crippen MR) is 90.5 cm³/mol. The molecule has 0 saturated heterocycles. The van der Waals surface area contributed by atoms with Gasteiger partial charge in [-0.05, 0) is 37.1 Å². The van der Waals surface area contributed by atoms with Crippen molar-refractivity contribution in [1.29, 1.82) is 0 Å². The Bertz CT molecular complexity index is 692. The van der Waals surface area contributed by atoms with E-state index in [-0.39, 0.29) is 0 Å². The molecule has 0 unspecified atom stereocenters.